The minimum atomic E-state index is -4.36. The number of unbranched alkanes of at least 4 members (excludes halogenated alkanes) is 2. The van der Waals surface area contributed by atoms with Crippen molar-refractivity contribution in [2.24, 2.45) is 0 Å². The van der Waals surface area contributed by atoms with Crippen LogP contribution < -0.4 is 5.73 Å². The van der Waals surface area contributed by atoms with Crippen LogP contribution in [0.4, 0.5) is 19.1 Å². The smallest absolute Gasteiger partial charge is 0.369 e. The number of hydrogen-bond donors (Lipinski definition) is 1. The van der Waals surface area contributed by atoms with Gasteiger partial charge in [-0.25, -0.2) is 4.98 Å². The van der Waals surface area contributed by atoms with Gasteiger partial charge >= 0.3 is 6.18 Å². The van der Waals surface area contributed by atoms with E-state index in [1.165, 1.54) is 6.07 Å². The highest BCUT2D eigenvalue weighted by Crippen LogP contribution is 2.32. The molecule has 2 N–H and O–H groups in total. The van der Waals surface area contributed by atoms with Crippen molar-refractivity contribution in [1.29, 1.82) is 0 Å². The second kappa shape index (κ2) is 7.54. The fourth-order valence-electron chi connectivity index (χ4n) is 2.14. The summed E-state index contributed by atoms with van der Waals surface area (Å²) >= 11 is 0. The molecule has 2 aromatic rings. The lowest BCUT2D eigenvalue weighted by Gasteiger charge is -2.07. The van der Waals surface area contributed by atoms with E-state index in [1.54, 1.807) is 16.8 Å². The van der Waals surface area contributed by atoms with Crippen molar-refractivity contribution in [3.63, 3.8) is 0 Å². The molecule has 0 aliphatic heterocycles. The van der Waals surface area contributed by atoms with Gasteiger partial charge in [0.1, 0.15) is 0 Å². The molecule has 0 radical (unpaired) electrons. The summed E-state index contributed by atoms with van der Waals surface area (Å²) < 4.78 is 40.0. The van der Waals surface area contributed by atoms with Gasteiger partial charge in [0.05, 0.1) is 11.3 Å². The van der Waals surface area contributed by atoms with Gasteiger partial charge in [-0.3, -0.25) is 0 Å². The summed E-state index contributed by atoms with van der Waals surface area (Å²) in [6, 6.07) is 5.13. The van der Waals surface area contributed by atoms with Gasteiger partial charge < -0.3 is 10.3 Å². The number of nitrogen functional groups attached to an aromatic ring is 1. The summed E-state index contributed by atoms with van der Waals surface area (Å²) in [6.07, 6.45) is 0.496. The predicted octanol–water partition coefficient (Wildman–Crippen LogP) is 4.76. The van der Waals surface area contributed by atoms with Crippen molar-refractivity contribution < 1.29 is 13.2 Å². The van der Waals surface area contributed by atoms with Gasteiger partial charge in [0.25, 0.3) is 0 Å². The third kappa shape index (κ3) is 4.40. The first-order valence-electron chi connectivity index (χ1n) is 6.92. The van der Waals surface area contributed by atoms with Crippen LogP contribution in [0.1, 0.15) is 31.7 Å². The number of anilines is 1. The first-order chi connectivity index (χ1) is 9.91. The predicted molar refractivity (Wildman–Crippen MR) is 83.9 cm³/mol. The number of benzene rings is 1. The highest BCUT2D eigenvalue weighted by Gasteiger charge is 2.30. The summed E-state index contributed by atoms with van der Waals surface area (Å²) in [5.74, 6) is 0.332. The molecule has 122 valence electrons. The zero-order valence-corrected chi connectivity index (χ0v) is 13.0. The highest BCUT2D eigenvalue weighted by atomic mass is 35.5. The number of nitrogens with two attached hydrogens (primary N) is 1. The SMILES string of the molecule is CCCCCn1cc(-c2cccc(C(F)(F)F)c2)nc1N.Cl. The zero-order valence-electron chi connectivity index (χ0n) is 12.2. The minimum Gasteiger partial charge on any atom is -0.369 e. The number of hydrogen-bond acceptors (Lipinski definition) is 2. The summed E-state index contributed by atoms with van der Waals surface area (Å²) in [4.78, 5) is 4.16. The van der Waals surface area contributed by atoms with Crippen LogP contribution in [0.5, 0.6) is 0 Å². The van der Waals surface area contributed by atoms with E-state index in [-0.39, 0.29) is 12.4 Å². The number of imidazole rings is 1. The van der Waals surface area contributed by atoms with Gasteiger partial charge in [0.2, 0.25) is 5.95 Å². The molecule has 0 aliphatic carbocycles. The fourth-order valence-corrected chi connectivity index (χ4v) is 2.14. The quantitative estimate of drug-likeness (QED) is 0.801. The molecule has 7 heteroatoms. The van der Waals surface area contributed by atoms with E-state index in [4.69, 9.17) is 5.73 Å². The molecular weight excluding hydrogens is 315 g/mol. The van der Waals surface area contributed by atoms with Crippen molar-refractivity contribution >= 4 is 18.4 Å². The molecule has 0 aliphatic rings. The van der Waals surface area contributed by atoms with Crippen LogP contribution in [0, 0.1) is 0 Å². The maximum atomic E-state index is 12.7. The summed E-state index contributed by atoms with van der Waals surface area (Å²) in [6.45, 7) is 2.83. The first-order valence-corrected chi connectivity index (χ1v) is 6.92. The van der Waals surface area contributed by atoms with Crippen LogP contribution in [-0.2, 0) is 12.7 Å². The molecule has 1 aromatic carbocycles. The van der Waals surface area contributed by atoms with Crippen molar-refractivity contribution in [1.82, 2.24) is 9.55 Å². The molecule has 0 spiro atoms. The highest BCUT2D eigenvalue weighted by molar-refractivity contribution is 5.85. The topological polar surface area (TPSA) is 43.8 Å². The Kier molecular flexibility index (Phi) is 6.29. The third-order valence-electron chi connectivity index (χ3n) is 3.30. The van der Waals surface area contributed by atoms with Gasteiger partial charge in [-0.2, -0.15) is 13.2 Å². The second-order valence-electron chi connectivity index (χ2n) is 4.96. The Morgan fingerprint density at radius 2 is 1.95 bits per heavy atom. The fraction of sp³-hybridized carbons (Fsp3) is 0.400. The van der Waals surface area contributed by atoms with Crippen LogP contribution in [0.3, 0.4) is 0 Å². The van der Waals surface area contributed by atoms with Crippen molar-refractivity contribution in [2.75, 3.05) is 5.73 Å². The third-order valence-corrected chi connectivity index (χ3v) is 3.30. The van der Waals surface area contributed by atoms with Gasteiger partial charge in [-0.1, -0.05) is 31.9 Å². The Morgan fingerprint density at radius 1 is 1.23 bits per heavy atom. The molecule has 0 unspecified atom stereocenters. The number of nitrogens with zero attached hydrogens (tertiary/aromatic N) is 2. The van der Waals surface area contributed by atoms with E-state index in [2.05, 4.69) is 11.9 Å². The molecule has 0 fully saturated rings. The molecule has 0 bridgehead atoms. The molecule has 0 amide bonds. The average Bonchev–Trinajstić information content (AvgIpc) is 2.80. The largest absolute Gasteiger partial charge is 0.416 e. The van der Waals surface area contributed by atoms with Gasteiger partial charge in [-0.15, -0.1) is 12.4 Å². The van der Waals surface area contributed by atoms with Crippen molar-refractivity contribution in [3.05, 3.63) is 36.0 Å². The number of alkyl halides is 3. The van der Waals surface area contributed by atoms with E-state index in [0.717, 1.165) is 37.9 Å². The maximum absolute atomic E-state index is 12.7. The van der Waals surface area contributed by atoms with E-state index in [1.807, 2.05) is 0 Å². The molecule has 3 nitrogen and oxygen atoms in total. The number of rotatable bonds is 5. The van der Waals surface area contributed by atoms with Gasteiger partial charge in [0.15, 0.2) is 0 Å². The molecule has 0 atom stereocenters. The van der Waals surface area contributed by atoms with Crippen LogP contribution >= 0.6 is 12.4 Å². The summed E-state index contributed by atoms with van der Waals surface area (Å²) in [5, 5.41) is 0. The number of aryl methyl sites for hydroxylation is 1. The second-order valence-corrected chi connectivity index (χ2v) is 4.96. The molecule has 2 rings (SSSR count). The Hall–Kier alpha value is -1.69. The molecule has 1 heterocycles. The van der Waals surface area contributed by atoms with E-state index < -0.39 is 11.7 Å². The average molecular weight is 334 g/mol. The van der Waals surface area contributed by atoms with Crippen molar-refractivity contribution in [2.45, 2.75) is 38.9 Å². The van der Waals surface area contributed by atoms with Crippen LogP contribution in [0.25, 0.3) is 11.3 Å². The van der Waals surface area contributed by atoms with E-state index in [0.29, 0.717) is 17.2 Å². The Morgan fingerprint density at radius 3 is 2.59 bits per heavy atom. The zero-order chi connectivity index (χ0) is 15.5. The Bertz CT molecular complexity index is 608. The summed E-state index contributed by atoms with van der Waals surface area (Å²) in [7, 11) is 0. The number of aromatic nitrogens is 2. The van der Waals surface area contributed by atoms with Crippen LogP contribution in [0.2, 0.25) is 0 Å². The van der Waals surface area contributed by atoms with Crippen LogP contribution in [-0.4, -0.2) is 9.55 Å². The standard InChI is InChI=1S/C15H18F3N3.ClH/c1-2-3-4-8-21-10-13(20-14(21)19)11-6-5-7-12(9-11)15(16,17)18;/h5-7,9-10H,2-4,8H2,1H3,(H2,19,20);1H. The molecule has 0 saturated carbocycles. The summed E-state index contributed by atoms with van der Waals surface area (Å²) in [5.41, 5.74) is 6.02. The van der Waals surface area contributed by atoms with Gasteiger partial charge in [0, 0.05) is 18.3 Å². The maximum Gasteiger partial charge on any atom is 0.416 e. The van der Waals surface area contributed by atoms with Crippen LogP contribution in [0.15, 0.2) is 30.5 Å². The Labute approximate surface area is 133 Å². The van der Waals surface area contributed by atoms with Crippen molar-refractivity contribution in [3.8, 4) is 11.3 Å². The lowest BCUT2D eigenvalue weighted by molar-refractivity contribution is -0.137. The van der Waals surface area contributed by atoms with E-state index >= 15 is 0 Å². The first kappa shape index (κ1) is 18.4. The lowest BCUT2D eigenvalue weighted by Crippen LogP contribution is -2.04. The molecular formula is C15H19ClF3N3. The normalized spacial score (nSPS) is 11.3. The lowest BCUT2D eigenvalue weighted by atomic mass is 10.1. The van der Waals surface area contributed by atoms with Gasteiger partial charge in [-0.05, 0) is 18.6 Å². The number of halogens is 4. The molecule has 1 aromatic heterocycles. The monoisotopic (exact) mass is 333 g/mol. The Balaban J connectivity index is 0.00000242. The minimum absolute atomic E-state index is 0. The van der Waals surface area contributed by atoms with E-state index in [9.17, 15) is 13.2 Å². The molecule has 22 heavy (non-hydrogen) atoms. The molecule has 0 saturated heterocycles.